The van der Waals surface area contributed by atoms with Gasteiger partial charge in [-0.2, -0.15) is 0 Å². The van der Waals surface area contributed by atoms with E-state index < -0.39 is 0 Å². The van der Waals surface area contributed by atoms with E-state index in [2.05, 4.69) is 17.2 Å². The van der Waals surface area contributed by atoms with Crippen molar-refractivity contribution in [1.82, 2.24) is 14.5 Å². The molecule has 0 radical (unpaired) electrons. The fourth-order valence-corrected chi connectivity index (χ4v) is 3.76. The molecule has 3 aromatic rings. The molecule has 1 amide bonds. The molecule has 0 atom stereocenters. The van der Waals surface area contributed by atoms with Crippen LogP contribution >= 0.6 is 23.2 Å². The van der Waals surface area contributed by atoms with E-state index in [0.717, 1.165) is 23.4 Å². The van der Waals surface area contributed by atoms with E-state index in [1.54, 1.807) is 29.2 Å². The summed E-state index contributed by atoms with van der Waals surface area (Å²) < 4.78 is 2.25. The van der Waals surface area contributed by atoms with Crippen LogP contribution in [0.3, 0.4) is 0 Å². The molecule has 144 valence electrons. The molecule has 4 rings (SSSR count). The number of halogens is 2. The Hall–Kier alpha value is -2.30. The number of carbonyl (C=O) groups is 1. The van der Waals surface area contributed by atoms with Crippen LogP contribution in [0.1, 0.15) is 29.0 Å². The minimum Gasteiger partial charge on any atom is -0.327 e. The van der Waals surface area contributed by atoms with Crippen molar-refractivity contribution in [3.8, 4) is 0 Å². The van der Waals surface area contributed by atoms with E-state index in [1.807, 2.05) is 18.2 Å². The summed E-state index contributed by atoms with van der Waals surface area (Å²) in [7, 11) is 0. The van der Waals surface area contributed by atoms with Gasteiger partial charge in [0.05, 0.1) is 28.2 Å². The number of hydrogen-bond donors (Lipinski definition) is 0. The highest BCUT2D eigenvalue weighted by atomic mass is 35.5. The fourth-order valence-electron chi connectivity index (χ4n) is 3.39. The lowest BCUT2D eigenvalue weighted by atomic mass is 10.2. The summed E-state index contributed by atoms with van der Waals surface area (Å²) in [6.07, 6.45) is 4.21. The molecule has 0 unspecified atom stereocenters. The Kier molecular flexibility index (Phi) is 5.42. The molecule has 1 fully saturated rings. The Morgan fingerprint density at radius 2 is 2.04 bits per heavy atom. The molecule has 1 aromatic heterocycles. The second-order valence-corrected chi connectivity index (χ2v) is 8.01. The lowest BCUT2D eigenvalue weighted by Crippen LogP contribution is -2.32. The highest BCUT2D eigenvalue weighted by Gasteiger charge is 2.26. The highest BCUT2D eigenvalue weighted by molar-refractivity contribution is 6.35. The monoisotopic (exact) mass is 413 g/mol. The van der Waals surface area contributed by atoms with Crippen molar-refractivity contribution in [2.24, 2.45) is 5.92 Å². The Morgan fingerprint density at radius 1 is 1.25 bits per heavy atom. The van der Waals surface area contributed by atoms with E-state index in [9.17, 15) is 4.79 Å². The first-order chi connectivity index (χ1) is 13.6. The minimum absolute atomic E-state index is 0.183. The van der Waals surface area contributed by atoms with Gasteiger partial charge in [-0.3, -0.25) is 4.79 Å². The molecule has 0 saturated heterocycles. The quantitative estimate of drug-likeness (QED) is 0.474. The lowest BCUT2D eigenvalue weighted by molar-refractivity contribution is 0.0757. The zero-order valence-corrected chi connectivity index (χ0v) is 17.0. The van der Waals surface area contributed by atoms with Crippen molar-refractivity contribution >= 4 is 40.1 Å². The van der Waals surface area contributed by atoms with Crippen LogP contribution in [0.25, 0.3) is 11.0 Å². The van der Waals surface area contributed by atoms with Crippen LogP contribution in [0.5, 0.6) is 0 Å². The maximum atomic E-state index is 13.2. The van der Waals surface area contributed by atoms with Crippen LogP contribution in [0.4, 0.5) is 0 Å². The van der Waals surface area contributed by atoms with Gasteiger partial charge in [0, 0.05) is 18.1 Å². The van der Waals surface area contributed by atoms with Gasteiger partial charge in [0.25, 0.3) is 5.91 Å². The van der Waals surface area contributed by atoms with Crippen molar-refractivity contribution in [2.75, 3.05) is 6.54 Å². The fraction of sp³-hybridized carbons (Fsp3) is 0.273. The molecule has 28 heavy (non-hydrogen) atoms. The zero-order chi connectivity index (χ0) is 19.7. The Bertz CT molecular complexity index is 1040. The number of carbonyl (C=O) groups excluding carboxylic acids is 1. The number of hydrogen-bond acceptors (Lipinski definition) is 2. The van der Waals surface area contributed by atoms with Gasteiger partial charge < -0.3 is 9.47 Å². The average molecular weight is 414 g/mol. The molecular formula is C22H21Cl2N3O. The van der Waals surface area contributed by atoms with Gasteiger partial charge in [-0.25, -0.2) is 4.98 Å². The third-order valence-electron chi connectivity index (χ3n) is 5.00. The average Bonchev–Trinajstić information content (AvgIpc) is 3.45. The Labute approximate surface area is 174 Å². The third kappa shape index (κ3) is 3.94. The van der Waals surface area contributed by atoms with Gasteiger partial charge in [0.2, 0.25) is 0 Å². The summed E-state index contributed by atoms with van der Waals surface area (Å²) in [6, 6.07) is 13.0. The van der Waals surface area contributed by atoms with Crippen LogP contribution in [0.2, 0.25) is 10.0 Å². The summed E-state index contributed by atoms with van der Waals surface area (Å²) in [6.45, 7) is 5.52. The zero-order valence-electron chi connectivity index (χ0n) is 15.4. The van der Waals surface area contributed by atoms with Gasteiger partial charge in [-0.05, 0) is 49.1 Å². The Balaban J connectivity index is 1.69. The van der Waals surface area contributed by atoms with Gasteiger partial charge in [0.15, 0.2) is 0 Å². The molecule has 1 aliphatic rings. The summed E-state index contributed by atoms with van der Waals surface area (Å²) in [5, 5.41) is 0.863. The van der Waals surface area contributed by atoms with Crippen molar-refractivity contribution in [2.45, 2.75) is 25.9 Å². The number of rotatable bonds is 7. The largest absolute Gasteiger partial charge is 0.327 e. The molecule has 2 aromatic carbocycles. The van der Waals surface area contributed by atoms with Gasteiger partial charge in [-0.1, -0.05) is 41.4 Å². The summed E-state index contributed by atoms with van der Waals surface area (Å²) >= 11 is 12.3. The van der Waals surface area contributed by atoms with Gasteiger partial charge in [0.1, 0.15) is 5.82 Å². The number of imidazole rings is 1. The van der Waals surface area contributed by atoms with E-state index in [0.29, 0.717) is 34.6 Å². The minimum atomic E-state index is -0.183. The first kappa shape index (κ1) is 19.0. The van der Waals surface area contributed by atoms with Crippen molar-refractivity contribution in [3.63, 3.8) is 0 Å². The molecule has 0 spiro atoms. The summed E-state index contributed by atoms with van der Waals surface area (Å²) in [4.78, 5) is 19.7. The summed E-state index contributed by atoms with van der Waals surface area (Å²) in [5.74, 6) is 1.39. The van der Waals surface area contributed by atoms with E-state index in [1.165, 1.54) is 12.8 Å². The number of para-hydroxylation sites is 2. The molecule has 4 nitrogen and oxygen atoms in total. The molecule has 0 aliphatic heterocycles. The Morgan fingerprint density at radius 3 is 2.79 bits per heavy atom. The predicted octanol–water partition coefficient (Wildman–Crippen LogP) is 5.58. The number of aromatic nitrogens is 2. The standard InChI is InChI=1S/C22H21Cl2N3O/c1-2-11-26(22(28)17-12-16(23)9-10-18(17)24)14-21-25-19-5-3-4-6-20(19)27(21)13-15-7-8-15/h2-6,9-10,12,15H,1,7-8,11,13-14H2. The number of fused-ring (bicyclic) bond motifs is 1. The van der Waals surface area contributed by atoms with Crippen molar-refractivity contribution < 1.29 is 4.79 Å². The molecular weight excluding hydrogens is 393 g/mol. The van der Waals surface area contributed by atoms with Crippen LogP contribution < -0.4 is 0 Å². The molecule has 1 saturated carbocycles. The van der Waals surface area contributed by atoms with E-state index in [-0.39, 0.29) is 5.91 Å². The maximum absolute atomic E-state index is 13.2. The topological polar surface area (TPSA) is 38.1 Å². The second kappa shape index (κ2) is 7.98. The smallest absolute Gasteiger partial charge is 0.256 e. The normalized spacial score (nSPS) is 13.6. The van der Waals surface area contributed by atoms with E-state index in [4.69, 9.17) is 28.2 Å². The number of benzene rings is 2. The van der Waals surface area contributed by atoms with Crippen LogP contribution in [0.15, 0.2) is 55.1 Å². The van der Waals surface area contributed by atoms with Crippen LogP contribution in [0, 0.1) is 5.92 Å². The highest BCUT2D eigenvalue weighted by Crippen LogP contribution is 2.33. The third-order valence-corrected chi connectivity index (χ3v) is 5.56. The molecule has 0 bridgehead atoms. The van der Waals surface area contributed by atoms with Crippen molar-refractivity contribution in [3.05, 3.63) is 76.6 Å². The number of nitrogens with zero attached hydrogens (tertiary/aromatic N) is 3. The van der Waals surface area contributed by atoms with Crippen LogP contribution in [-0.4, -0.2) is 26.9 Å². The molecule has 1 aliphatic carbocycles. The predicted molar refractivity (Wildman–Crippen MR) is 114 cm³/mol. The molecule has 1 heterocycles. The van der Waals surface area contributed by atoms with Crippen molar-refractivity contribution in [1.29, 1.82) is 0 Å². The SMILES string of the molecule is C=CCN(Cc1nc2ccccc2n1CC1CC1)C(=O)c1cc(Cl)ccc1Cl. The summed E-state index contributed by atoms with van der Waals surface area (Å²) in [5.41, 5.74) is 2.45. The molecule has 0 N–H and O–H groups in total. The first-order valence-corrected chi connectivity index (χ1v) is 10.1. The van der Waals surface area contributed by atoms with Gasteiger partial charge >= 0.3 is 0 Å². The van der Waals surface area contributed by atoms with Gasteiger partial charge in [-0.15, -0.1) is 6.58 Å². The van der Waals surface area contributed by atoms with E-state index >= 15 is 0 Å². The lowest BCUT2D eigenvalue weighted by Gasteiger charge is -2.22. The second-order valence-electron chi connectivity index (χ2n) is 7.17. The molecule has 6 heteroatoms. The van der Waals surface area contributed by atoms with Crippen LogP contribution in [-0.2, 0) is 13.1 Å². The maximum Gasteiger partial charge on any atom is 0.256 e. The first-order valence-electron chi connectivity index (χ1n) is 9.36. The number of amides is 1.